The number of carbonyl (C=O) groups is 1. The summed E-state index contributed by atoms with van der Waals surface area (Å²) in [4.78, 5) is 21.8. The highest BCUT2D eigenvalue weighted by molar-refractivity contribution is 7.99. The number of rotatable bonds is 6. The molecule has 4 heterocycles. The molecule has 2 aliphatic rings. The van der Waals surface area contributed by atoms with Crippen LogP contribution in [-0.2, 0) is 28.9 Å². The van der Waals surface area contributed by atoms with Gasteiger partial charge in [-0.25, -0.2) is 9.50 Å². The fourth-order valence-electron chi connectivity index (χ4n) is 4.82. The minimum atomic E-state index is -0.181. The van der Waals surface area contributed by atoms with Crippen LogP contribution in [0.1, 0.15) is 53.9 Å². The largest absolute Gasteiger partial charge is 0.376 e. The van der Waals surface area contributed by atoms with E-state index in [0.717, 1.165) is 62.1 Å². The zero-order valence-electron chi connectivity index (χ0n) is 18.9. The lowest BCUT2D eigenvalue weighted by molar-refractivity contribution is -0.113. The smallest absolute Gasteiger partial charge is 0.253 e. The van der Waals surface area contributed by atoms with E-state index in [4.69, 9.17) is 4.74 Å². The molecular weight excluding hydrogens is 438 g/mol. The maximum absolute atomic E-state index is 12.9. The molecule has 1 aliphatic heterocycles. The van der Waals surface area contributed by atoms with Crippen molar-refractivity contribution in [3.63, 3.8) is 0 Å². The number of carbonyl (C=O) groups excluding carboxylic acids is 1. The van der Waals surface area contributed by atoms with Crippen LogP contribution in [0.25, 0.3) is 5.78 Å². The van der Waals surface area contributed by atoms with Gasteiger partial charge in [0.05, 0.1) is 24.0 Å². The zero-order chi connectivity index (χ0) is 22.9. The maximum Gasteiger partial charge on any atom is 0.253 e. The van der Waals surface area contributed by atoms with E-state index in [1.54, 1.807) is 4.52 Å². The molecule has 1 amide bonds. The van der Waals surface area contributed by atoms with Crippen molar-refractivity contribution in [3.8, 4) is 6.07 Å². The van der Waals surface area contributed by atoms with E-state index in [1.165, 1.54) is 17.5 Å². The molecule has 0 bridgehead atoms. The highest BCUT2D eigenvalue weighted by Crippen LogP contribution is 2.34. The number of aryl methyl sites for hydroxylation is 2. The average molecular weight is 466 g/mol. The van der Waals surface area contributed by atoms with Gasteiger partial charge in [0.1, 0.15) is 11.9 Å². The predicted molar refractivity (Wildman–Crippen MR) is 124 cm³/mol. The van der Waals surface area contributed by atoms with E-state index in [0.29, 0.717) is 28.9 Å². The summed E-state index contributed by atoms with van der Waals surface area (Å²) in [7, 11) is 0. The molecule has 9 nitrogen and oxygen atoms in total. The van der Waals surface area contributed by atoms with Crippen molar-refractivity contribution in [3.05, 3.63) is 34.3 Å². The molecule has 3 aromatic rings. The Bertz CT molecular complexity index is 1250. The number of anilines is 1. The van der Waals surface area contributed by atoms with Crippen molar-refractivity contribution in [2.24, 2.45) is 0 Å². The molecule has 0 radical (unpaired) electrons. The predicted octanol–water partition coefficient (Wildman–Crippen LogP) is 3.20. The minimum Gasteiger partial charge on any atom is -0.376 e. The first-order valence-corrected chi connectivity index (χ1v) is 12.4. The Labute approximate surface area is 196 Å². The van der Waals surface area contributed by atoms with Gasteiger partial charge in [-0.2, -0.15) is 10.2 Å². The number of nitrogens with zero attached hydrogens (tertiary/aromatic N) is 6. The number of nitrogens with one attached hydrogen (secondary N) is 1. The Hall–Kier alpha value is -2.90. The minimum absolute atomic E-state index is 0.126. The average Bonchev–Trinajstić information content (AvgIpc) is 3.51. The molecule has 1 N–H and O–H groups in total. The van der Waals surface area contributed by atoms with Crippen LogP contribution in [0.15, 0.2) is 11.2 Å². The molecule has 0 aromatic carbocycles. The van der Waals surface area contributed by atoms with Gasteiger partial charge >= 0.3 is 0 Å². The highest BCUT2D eigenvalue weighted by Gasteiger charge is 2.28. The Morgan fingerprint density at radius 1 is 1.30 bits per heavy atom. The Morgan fingerprint density at radius 2 is 2.15 bits per heavy atom. The molecule has 172 valence electrons. The first-order valence-electron chi connectivity index (χ1n) is 11.4. The second kappa shape index (κ2) is 9.15. The van der Waals surface area contributed by atoms with Crippen LogP contribution in [0.5, 0.6) is 0 Å². The number of fused-ring (bicyclic) bond motifs is 2. The molecule has 33 heavy (non-hydrogen) atoms. The number of amides is 1. The topological polar surface area (TPSA) is 110 Å². The van der Waals surface area contributed by atoms with E-state index in [9.17, 15) is 10.1 Å². The summed E-state index contributed by atoms with van der Waals surface area (Å²) < 4.78 is 9.67. The first-order chi connectivity index (χ1) is 16.0. The van der Waals surface area contributed by atoms with Crippen LogP contribution >= 0.6 is 11.8 Å². The van der Waals surface area contributed by atoms with Gasteiger partial charge < -0.3 is 14.6 Å². The maximum atomic E-state index is 12.9. The third kappa shape index (κ3) is 4.35. The zero-order valence-corrected chi connectivity index (χ0v) is 19.7. The van der Waals surface area contributed by atoms with Crippen LogP contribution in [0.2, 0.25) is 0 Å². The lowest BCUT2D eigenvalue weighted by Crippen LogP contribution is -2.23. The lowest BCUT2D eigenvalue weighted by atomic mass is 9.95. The first kappa shape index (κ1) is 21.9. The van der Waals surface area contributed by atoms with E-state index in [2.05, 4.69) is 31.0 Å². The van der Waals surface area contributed by atoms with Gasteiger partial charge in [0.25, 0.3) is 5.78 Å². The van der Waals surface area contributed by atoms with Crippen molar-refractivity contribution in [2.75, 3.05) is 17.7 Å². The number of thioether (sulfide) groups is 1. The number of aromatic nitrogens is 5. The van der Waals surface area contributed by atoms with Gasteiger partial charge in [0.2, 0.25) is 11.1 Å². The van der Waals surface area contributed by atoms with Gasteiger partial charge in [-0.15, -0.1) is 5.10 Å². The summed E-state index contributed by atoms with van der Waals surface area (Å²) in [5.41, 5.74) is 4.68. The van der Waals surface area contributed by atoms with Crippen LogP contribution in [0.3, 0.4) is 0 Å². The summed E-state index contributed by atoms with van der Waals surface area (Å²) in [6, 6.07) is 4.30. The molecule has 0 spiro atoms. The number of hydrogen-bond acceptors (Lipinski definition) is 7. The van der Waals surface area contributed by atoms with Crippen LogP contribution in [-0.4, -0.2) is 48.5 Å². The van der Waals surface area contributed by atoms with E-state index >= 15 is 0 Å². The van der Waals surface area contributed by atoms with E-state index in [1.807, 2.05) is 19.9 Å². The molecular formula is C23H27N7O2S. The second-order valence-corrected chi connectivity index (χ2v) is 9.64. The summed E-state index contributed by atoms with van der Waals surface area (Å²) in [5, 5.41) is 17.9. The van der Waals surface area contributed by atoms with Gasteiger partial charge in [-0.1, -0.05) is 11.8 Å². The van der Waals surface area contributed by atoms with Crippen molar-refractivity contribution < 1.29 is 9.53 Å². The Balaban J connectivity index is 1.36. The monoisotopic (exact) mass is 465 g/mol. The molecule has 0 unspecified atom stereocenters. The van der Waals surface area contributed by atoms with Crippen molar-refractivity contribution in [1.82, 2.24) is 24.1 Å². The van der Waals surface area contributed by atoms with Gasteiger partial charge in [-0.05, 0) is 64.0 Å². The fraction of sp³-hybridized carbons (Fsp3) is 0.522. The molecule has 1 saturated heterocycles. The lowest BCUT2D eigenvalue weighted by Gasteiger charge is -2.19. The SMILES string of the molecule is Cc1cc(C)n2nc(SCC(=O)Nc3c(C#N)c4c(n3C[C@H]3CCCO3)CCCC4)nc2n1. The Morgan fingerprint density at radius 3 is 2.94 bits per heavy atom. The molecule has 1 aliphatic carbocycles. The normalized spacial score (nSPS) is 17.8. The quantitative estimate of drug-likeness (QED) is 0.557. The molecule has 5 rings (SSSR count). The van der Waals surface area contributed by atoms with Crippen LogP contribution in [0.4, 0.5) is 5.82 Å². The van der Waals surface area contributed by atoms with Crippen LogP contribution < -0.4 is 5.32 Å². The molecule has 0 saturated carbocycles. The molecule has 3 aromatic heterocycles. The molecule has 10 heteroatoms. The van der Waals surface area contributed by atoms with Gasteiger partial charge in [0.15, 0.2) is 0 Å². The summed E-state index contributed by atoms with van der Waals surface area (Å²) in [6.45, 7) is 5.31. The molecule has 1 fully saturated rings. The Kier molecular flexibility index (Phi) is 6.08. The summed E-state index contributed by atoms with van der Waals surface area (Å²) in [6.07, 6.45) is 6.16. The standard InChI is InChI=1S/C23H27N7O2S/c1-14-10-15(2)30-22(25-14)27-23(28-30)33-13-20(31)26-21-18(11-24)17-7-3-4-8-19(17)29(21)12-16-6-5-9-32-16/h10,16H,3-9,12-13H2,1-2H3,(H,26,31)/t16-/m1/s1. The van der Waals surface area contributed by atoms with Crippen molar-refractivity contribution in [2.45, 2.75) is 70.2 Å². The van der Waals surface area contributed by atoms with Gasteiger partial charge in [-0.3, -0.25) is 4.79 Å². The number of ether oxygens (including phenoxy) is 1. The molecule has 1 atom stereocenters. The number of hydrogen-bond donors (Lipinski definition) is 1. The third-order valence-corrected chi connectivity index (χ3v) is 7.12. The van der Waals surface area contributed by atoms with E-state index < -0.39 is 0 Å². The third-order valence-electron chi connectivity index (χ3n) is 6.28. The summed E-state index contributed by atoms with van der Waals surface area (Å²) in [5.74, 6) is 1.11. The van der Waals surface area contributed by atoms with E-state index in [-0.39, 0.29) is 17.8 Å². The summed E-state index contributed by atoms with van der Waals surface area (Å²) >= 11 is 1.26. The number of nitriles is 1. The second-order valence-electron chi connectivity index (χ2n) is 8.70. The van der Waals surface area contributed by atoms with Crippen molar-refractivity contribution >= 4 is 29.3 Å². The fourth-order valence-corrected chi connectivity index (χ4v) is 5.44. The highest BCUT2D eigenvalue weighted by atomic mass is 32.2. The van der Waals surface area contributed by atoms with Crippen molar-refractivity contribution in [1.29, 1.82) is 5.26 Å². The van der Waals surface area contributed by atoms with Gasteiger partial charge in [0, 0.05) is 23.7 Å². The van der Waals surface area contributed by atoms with Crippen LogP contribution in [0, 0.1) is 25.2 Å².